The van der Waals surface area contributed by atoms with E-state index in [9.17, 15) is 67.1 Å². The van der Waals surface area contributed by atoms with E-state index in [0.717, 1.165) is 21.6 Å². The highest BCUT2D eigenvalue weighted by atomic mass is 32.2. The fraction of sp³-hybridized carbons (Fsp3) is 0.600. The van der Waals surface area contributed by atoms with Crippen molar-refractivity contribution in [2.75, 3.05) is 37.7 Å². The normalized spacial score (nSPS) is 15.5. The zero-order valence-corrected chi connectivity index (χ0v) is 40.1. The standard InChI is InChI=1S/C20H32N6O7S.C15H22N4O5.C5H10N2O2S/c1-11(27)24-13(18(21)31)5-3-4-7-23-16(29)6-8-26-17(30)9-15(20(26)33)34-10-14(19(22)32)25-12(2)28;1-10(20)18-11(15(16)24)4-2-3-8-17-12(21)7-9-19-13(22)5-6-14(19)23;1-3(8)7-4(2-10)5(6)9/h13-15H,3-10H2,1-2H3,(H2,21,31)(H2,22,32)(H,23,29)(H,24,27)(H,25,28);5-6,11H,2-4,7-9H2,1H3,(H2,16,24)(H,17,21)(H,18,20);4,10H,2H2,1H3,(H2,6,9)(H,7,8). The monoisotopic (exact) mass is 1000 g/mol. The first-order chi connectivity index (χ1) is 31.8. The summed E-state index contributed by atoms with van der Waals surface area (Å²) < 4.78 is 0. The van der Waals surface area contributed by atoms with Gasteiger partial charge in [0.05, 0.1) is 5.25 Å². The summed E-state index contributed by atoms with van der Waals surface area (Å²) in [7, 11) is 0. The average molecular weight is 1000 g/mol. The molecule has 0 aliphatic carbocycles. The number of nitrogens with zero attached hydrogens (tertiary/aromatic N) is 2. The van der Waals surface area contributed by atoms with Gasteiger partial charge in [-0.25, -0.2) is 0 Å². The Morgan fingerprint density at radius 3 is 1.31 bits per heavy atom. The molecule has 380 valence electrons. The number of rotatable bonds is 28. The quantitative estimate of drug-likeness (QED) is 0.0199. The summed E-state index contributed by atoms with van der Waals surface area (Å²) >= 11 is 4.87. The Morgan fingerprint density at radius 1 is 0.588 bits per heavy atom. The van der Waals surface area contributed by atoms with E-state index < -0.39 is 82.6 Å². The molecule has 0 aromatic carbocycles. The summed E-state index contributed by atoms with van der Waals surface area (Å²) in [6.07, 6.45) is 5.29. The highest BCUT2D eigenvalue weighted by Crippen LogP contribution is 2.26. The van der Waals surface area contributed by atoms with Gasteiger partial charge in [-0.05, 0) is 38.5 Å². The number of imide groups is 2. The molecule has 1 saturated heterocycles. The van der Waals surface area contributed by atoms with Crippen molar-refractivity contribution in [3.05, 3.63) is 12.2 Å². The largest absolute Gasteiger partial charge is 0.368 e. The van der Waals surface area contributed by atoms with Crippen LogP contribution in [0, 0.1) is 0 Å². The van der Waals surface area contributed by atoms with Gasteiger partial charge in [0, 0.05) is 96.8 Å². The van der Waals surface area contributed by atoms with E-state index in [4.69, 9.17) is 22.9 Å². The third-order valence-electron chi connectivity index (χ3n) is 9.24. The molecule has 2 rings (SSSR count). The number of thioether (sulfide) groups is 1. The lowest BCUT2D eigenvalue weighted by atomic mass is 10.1. The first-order valence-corrected chi connectivity index (χ1v) is 22.9. The van der Waals surface area contributed by atoms with Crippen LogP contribution >= 0.6 is 24.4 Å². The van der Waals surface area contributed by atoms with Crippen LogP contribution in [0.4, 0.5) is 0 Å². The van der Waals surface area contributed by atoms with Crippen molar-refractivity contribution < 1.29 is 67.1 Å². The molecule has 14 amide bonds. The second-order valence-corrected chi connectivity index (χ2v) is 16.7. The second kappa shape index (κ2) is 33.0. The van der Waals surface area contributed by atoms with Crippen LogP contribution in [0.15, 0.2) is 12.2 Å². The van der Waals surface area contributed by atoms with E-state index in [1.54, 1.807) is 0 Å². The minimum absolute atomic E-state index is 0.0367. The predicted octanol–water partition coefficient (Wildman–Crippen LogP) is -5.01. The van der Waals surface area contributed by atoms with Gasteiger partial charge in [-0.2, -0.15) is 12.6 Å². The van der Waals surface area contributed by atoms with E-state index in [2.05, 4.69) is 44.5 Å². The summed E-state index contributed by atoms with van der Waals surface area (Å²) in [6, 6.07) is -3.08. The highest BCUT2D eigenvalue weighted by Gasteiger charge is 2.39. The van der Waals surface area contributed by atoms with E-state index in [1.807, 2.05) is 0 Å². The third kappa shape index (κ3) is 26.5. The molecule has 28 heteroatoms. The molecular weight excluding hydrogens is 937 g/mol. The number of carbonyl (C=O) groups excluding carboxylic acids is 14. The summed E-state index contributed by atoms with van der Waals surface area (Å²) in [4.78, 5) is 161. The van der Waals surface area contributed by atoms with Crippen LogP contribution in [0.2, 0.25) is 0 Å². The number of carbonyl (C=O) groups is 14. The lowest BCUT2D eigenvalue weighted by molar-refractivity contribution is -0.140. The summed E-state index contributed by atoms with van der Waals surface area (Å²) in [5, 5.41) is 14.3. The zero-order chi connectivity index (χ0) is 52.1. The van der Waals surface area contributed by atoms with Crippen LogP contribution in [0.1, 0.15) is 85.5 Å². The number of amides is 14. The molecule has 26 nitrogen and oxygen atoms in total. The fourth-order valence-electron chi connectivity index (χ4n) is 5.84. The SMILES string of the molecule is CC(=O)NC(CCCCNC(=O)CCN1C(=O)C=CC1=O)C(N)=O.CC(=O)NC(CCCCNC(=O)CCN1C(=O)CC(SCC(NC(C)=O)C(N)=O)C1=O)C(N)=O.CC(=O)NC(CS)C(N)=O. The molecule has 2 heterocycles. The van der Waals surface area contributed by atoms with Gasteiger partial charge in [0.15, 0.2) is 0 Å². The third-order valence-corrected chi connectivity index (χ3v) is 10.9. The van der Waals surface area contributed by atoms with Gasteiger partial charge in [0.25, 0.3) is 11.8 Å². The maximum absolute atomic E-state index is 12.5. The van der Waals surface area contributed by atoms with Crippen molar-refractivity contribution in [3.63, 3.8) is 0 Å². The van der Waals surface area contributed by atoms with Crippen LogP contribution < -0.4 is 54.8 Å². The Labute approximate surface area is 402 Å². The number of likely N-dealkylation sites (tertiary alicyclic amines) is 1. The van der Waals surface area contributed by atoms with Gasteiger partial charge in [0.2, 0.25) is 70.9 Å². The molecule has 0 spiro atoms. The van der Waals surface area contributed by atoms with Gasteiger partial charge < -0.3 is 54.8 Å². The second-order valence-electron chi connectivity index (χ2n) is 15.1. The molecule has 1 fully saturated rings. The van der Waals surface area contributed by atoms with Crippen molar-refractivity contribution in [1.82, 2.24) is 41.7 Å². The van der Waals surface area contributed by atoms with Crippen LogP contribution in [-0.4, -0.2) is 160 Å². The maximum atomic E-state index is 12.5. The van der Waals surface area contributed by atoms with Crippen molar-refractivity contribution in [1.29, 1.82) is 0 Å². The van der Waals surface area contributed by atoms with Crippen LogP contribution in [0.3, 0.4) is 0 Å². The van der Waals surface area contributed by atoms with Gasteiger partial charge >= 0.3 is 0 Å². The highest BCUT2D eigenvalue weighted by molar-refractivity contribution is 8.00. The molecule has 0 aromatic rings. The summed E-state index contributed by atoms with van der Waals surface area (Å²) in [5.41, 5.74) is 20.5. The summed E-state index contributed by atoms with van der Waals surface area (Å²) in [5.74, 6) is -5.96. The Hall–Kier alpha value is -6.58. The topological polar surface area (TPSA) is 422 Å². The van der Waals surface area contributed by atoms with Crippen LogP contribution in [0.5, 0.6) is 0 Å². The lowest BCUT2D eigenvalue weighted by Gasteiger charge is -2.17. The number of thiol groups is 1. The average Bonchev–Trinajstić information content (AvgIpc) is 3.71. The zero-order valence-electron chi connectivity index (χ0n) is 38.4. The number of hydrogen-bond acceptors (Lipinski definition) is 16. The predicted molar refractivity (Wildman–Crippen MR) is 247 cm³/mol. The molecular formula is C40H64N12O14S2. The van der Waals surface area contributed by atoms with Gasteiger partial charge in [-0.1, -0.05) is 0 Å². The van der Waals surface area contributed by atoms with Crippen LogP contribution in [0.25, 0.3) is 0 Å². The first kappa shape index (κ1) is 61.4. The number of nitrogens with two attached hydrogens (primary N) is 4. The van der Waals surface area contributed by atoms with Crippen molar-refractivity contribution in [3.8, 4) is 0 Å². The molecule has 0 aromatic heterocycles. The molecule has 2 aliphatic rings. The van der Waals surface area contributed by atoms with Crippen molar-refractivity contribution >= 4 is 107 Å². The van der Waals surface area contributed by atoms with Gasteiger partial charge in [-0.15, -0.1) is 11.8 Å². The minimum atomic E-state index is -0.957. The Balaban J connectivity index is 0.00000114. The molecule has 0 radical (unpaired) electrons. The van der Waals surface area contributed by atoms with E-state index >= 15 is 0 Å². The Bertz CT molecular complexity index is 1880. The fourth-order valence-corrected chi connectivity index (χ4v) is 7.32. The van der Waals surface area contributed by atoms with E-state index in [0.29, 0.717) is 51.6 Å². The van der Waals surface area contributed by atoms with Gasteiger partial charge in [0.1, 0.15) is 24.2 Å². The molecule has 0 saturated carbocycles. The van der Waals surface area contributed by atoms with Crippen molar-refractivity contribution in [2.45, 2.75) is 115 Å². The van der Waals surface area contributed by atoms with Crippen molar-refractivity contribution in [2.24, 2.45) is 22.9 Å². The molecule has 5 unspecified atom stereocenters. The number of primary amides is 4. The number of hydrogen-bond donors (Lipinski definition) is 11. The van der Waals surface area contributed by atoms with E-state index in [-0.39, 0.29) is 73.4 Å². The molecule has 2 aliphatic heterocycles. The van der Waals surface area contributed by atoms with E-state index in [1.165, 1.54) is 39.8 Å². The molecule has 5 atom stereocenters. The maximum Gasteiger partial charge on any atom is 0.253 e. The number of nitrogens with one attached hydrogen (secondary N) is 6. The Kier molecular flexibility index (Phi) is 29.8. The Morgan fingerprint density at radius 2 is 0.956 bits per heavy atom. The molecule has 68 heavy (non-hydrogen) atoms. The lowest BCUT2D eigenvalue weighted by Crippen LogP contribution is -2.45. The first-order valence-electron chi connectivity index (χ1n) is 21.2. The minimum Gasteiger partial charge on any atom is -0.368 e. The molecule has 14 N–H and O–H groups in total. The summed E-state index contributed by atoms with van der Waals surface area (Å²) in [6.45, 7) is 5.84. The van der Waals surface area contributed by atoms with Gasteiger partial charge in [-0.3, -0.25) is 76.9 Å². The molecule has 0 bridgehead atoms. The van der Waals surface area contributed by atoms with Crippen LogP contribution in [-0.2, 0) is 67.1 Å². The smallest absolute Gasteiger partial charge is 0.253 e. The number of unbranched alkanes of at least 4 members (excludes halogenated alkanes) is 2.